The van der Waals surface area contributed by atoms with Crippen molar-refractivity contribution in [2.75, 3.05) is 6.61 Å². The molecule has 2 aliphatic rings. The van der Waals surface area contributed by atoms with E-state index in [9.17, 15) is 19.2 Å². The Morgan fingerprint density at radius 1 is 0.744 bits per heavy atom. The van der Waals surface area contributed by atoms with Crippen molar-refractivity contribution in [1.29, 1.82) is 0 Å². The van der Waals surface area contributed by atoms with E-state index in [-0.39, 0.29) is 12.4 Å². The SMILES string of the molecule is CC(=O)OC[C@H]1O[C@@H]2Oc3c(c4ccccc4c4ccccc34)O[C@]2(OC(C)=O)[C@@H](OC(C)=O)[C@@H]1OC(C)=O. The predicted molar refractivity (Wildman–Crippen MR) is 134 cm³/mol. The fourth-order valence-corrected chi connectivity index (χ4v) is 5.01. The Bertz CT molecular complexity index is 1480. The van der Waals surface area contributed by atoms with Gasteiger partial charge in [-0.05, 0) is 10.8 Å². The minimum Gasteiger partial charge on any atom is -0.463 e. The summed E-state index contributed by atoms with van der Waals surface area (Å²) in [5.74, 6) is -4.68. The van der Waals surface area contributed by atoms with Gasteiger partial charge in [-0.2, -0.15) is 0 Å². The molecule has 0 saturated carbocycles. The summed E-state index contributed by atoms with van der Waals surface area (Å²) in [7, 11) is 0. The fraction of sp³-hybridized carbons (Fsp3) is 0.357. The monoisotopic (exact) mass is 538 g/mol. The quantitative estimate of drug-likeness (QED) is 0.269. The summed E-state index contributed by atoms with van der Waals surface area (Å²) in [6.07, 6.45) is -5.67. The van der Waals surface area contributed by atoms with Crippen LogP contribution in [0.25, 0.3) is 21.5 Å². The lowest BCUT2D eigenvalue weighted by molar-refractivity contribution is -0.386. The number of hydrogen-bond donors (Lipinski definition) is 0. The number of benzene rings is 3. The fourth-order valence-electron chi connectivity index (χ4n) is 5.01. The molecule has 0 bridgehead atoms. The molecular weight excluding hydrogens is 512 g/mol. The number of carbonyl (C=O) groups is 4. The van der Waals surface area contributed by atoms with Crippen molar-refractivity contribution in [3.63, 3.8) is 0 Å². The van der Waals surface area contributed by atoms with E-state index in [1.807, 2.05) is 48.5 Å². The van der Waals surface area contributed by atoms with Crippen molar-refractivity contribution in [2.45, 2.75) is 58.1 Å². The second kappa shape index (κ2) is 10.1. The van der Waals surface area contributed by atoms with Gasteiger partial charge in [-0.3, -0.25) is 19.2 Å². The Balaban J connectivity index is 1.75. The van der Waals surface area contributed by atoms with Gasteiger partial charge in [0.05, 0.1) is 0 Å². The molecule has 204 valence electrons. The van der Waals surface area contributed by atoms with Crippen LogP contribution in [-0.2, 0) is 42.9 Å². The van der Waals surface area contributed by atoms with E-state index in [4.69, 9.17) is 33.2 Å². The molecule has 0 N–H and O–H groups in total. The molecule has 5 rings (SSSR count). The molecule has 0 amide bonds. The van der Waals surface area contributed by atoms with Gasteiger partial charge in [-0.1, -0.05) is 48.5 Å². The van der Waals surface area contributed by atoms with Crippen LogP contribution in [0.4, 0.5) is 0 Å². The molecule has 11 nitrogen and oxygen atoms in total. The van der Waals surface area contributed by atoms with E-state index >= 15 is 0 Å². The molecule has 3 aromatic carbocycles. The first kappa shape index (κ1) is 26.2. The predicted octanol–water partition coefficient (Wildman–Crippen LogP) is 3.18. The lowest BCUT2D eigenvalue weighted by Crippen LogP contribution is -2.74. The van der Waals surface area contributed by atoms with Crippen LogP contribution < -0.4 is 9.47 Å². The van der Waals surface area contributed by atoms with E-state index in [2.05, 4.69) is 0 Å². The van der Waals surface area contributed by atoms with E-state index < -0.39 is 54.3 Å². The molecule has 0 aliphatic carbocycles. The number of carbonyl (C=O) groups excluding carboxylic acids is 4. The van der Waals surface area contributed by atoms with Gasteiger partial charge in [0.2, 0.25) is 6.10 Å². The third-order valence-electron chi connectivity index (χ3n) is 6.36. The summed E-state index contributed by atoms with van der Waals surface area (Å²) < 4.78 is 40.9. The summed E-state index contributed by atoms with van der Waals surface area (Å²) in [6, 6.07) is 14.9. The second-order valence-corrected chi connectivity index (χ2v) is 9.20. The van der Waals surface area contributed by atoms with Gasteiger partial charge in [0.15, 0.2) is 17.6 Å². The third-order valence-corrected chi connectivity index (χ3v) is 6.36. The van der Waals surface area contributed by atoms with Crippen molar-refractivity contribution >= 4 is 45.4 Å². The summed E-state index contributed by atoms with van der Waals surface area (Å²) >= 11 is 0. The molecule has 0 spiro atoms. The highest BCUT2D eigenvalue weighted by Crippen LogP contribution is 2.52. The van der Waals surface area contributed by atoms with Crippen LogP contribution in [0.5, 0.6) is 11.5 Å². The minimum atomic E-state index is -2.23. The highest BCUT2D eigenvalue weighted by atomic mass is 16.8. The van der Waals surface area contributed by atoms with Crippen LogP contribution in [0.1, 0.15) is 27.7 Å². The van der Waals surface area contributed by atoms with Gasteiger partial charge in [-0.15, -0.1) is 0 Å². The van der Waals surface area contributed by atoms with Gasteiger partial charge in [-0.25, -0.2) is 0 Å². The maximum atomic E-state index is 12.5. The van der Waals surface area contributed by atoms with Crippen molar-refractivity contribution in [3.05, 3.63) is 48.5 Å². The van der Waals surface area contributed by atoms with Gasteiger partial charge in [0.25, 0.3) is 6.29 Å². The van der Waals surface area contributed by atoms with Crippen molar-refractivity contribution < 1.29 is 52.3 Å². The van der Waals surface area contributed by atoms with E-state index in [1.54, 1.807) is 0 Å². The summed E-state index contributed by atoms with van der Waals surface area (Å²) in [6.45, 7) is 4.24. The molecule has 11 heteroatoms. The number of ether oxygens (including phenoxy) is 7. The van der Waals surface area contributed by atoms with Gasteiger partial charge >= 0.3 is 29.7 Å². The van der Waals surface area contributed by atoms with E-state index in [0.717, 1.165) is 31.5 Å². The van der Waals surface area contributed by atoms with Crippen LogP contribution in [0, 0.1) is 0 Å². The van der Waals surface area contributed by atoms with Crippen LogP contribution in [-0.4, -0.2) is 60.9 Å². The topological polar surface area (TPSA) is 133 Å². The standard InChI is InChI=1S/C28H26O11/c1-14(29)33-13-22-25(34-15(2)30)26(35-16(3)31)28(38-17(4)32)27(36-22)37-23-20-11-7-5-9-18(20)19-10-6-8-12-21(19)24(23)39-28/h5-12,22,25-27H,13H2,1-4H3/t22-,25-,26+,27-,28-/m1/s1. The largest absolute Gasteiger partial charge is 0.463 e. The zero-order valence-corrected chi connectivity index (χ0v) is 21.6. The molecule has 39 heavy (non-hydrogen) atoms. The van der Waals surface area contributed by atoms with Gasteiger partial charge in [0.1, 0.15) is 12.7 Å². The molecule has 1 saturated heterocycles. The second-order valence-electron chi connectivity index (χ2n) is 9.20. The first-order valence-electron chi connectivity index (χ1n) is 12.2. The Labute approximate surface area is 222 Å². The maximum absolute atomic E-state index is 12.5. The van der Waals surface area contributed by atoms with E-state index in [0.29, 0.717) is 16.5 Å². The zero-order chi connectivity index (χ0) is 27.9. The Morgan fingerprint density at radius 2 is 1.31 bits per heavy atom. The molecule has 3 aromatic rings. The molecule has 0 aromatic heterocycles. The highest BCUT2D eigenvalue weighted by Gasteiger charge is 2.68. The average Bonchev–Trinajstić information content (AvgIpc) is 2.88. The van der Waals surface area contributed by atoms with Gasteiger partial charge < -0.3 is 33.2 Å². The lowest BCUT2D eigenvalue weighted by atomic mass is 9.92. The van der Waals surface area contributed by atoms with Crippen molar-refractivity contribution in [2.24, 2.45) is 0 Å². The smallest absolute Gasteiger partial charge is 0.359 e. The average molecular weight is 539 g/mol. The molecule has 1 fully saturated rings. The third kappa shape index (κ3) is 4.69. The lowest BCUT2D eigenvalue weighted by Gasteiger charge is -2.52. The van der Waals surface area contributed by atoms with Crippen LogP contribution >= 0.6 is 0 Å². The zero-order valence-electron chi connectivity index (χ0n) is 21.6. The van der Waals surface area contributed by atoms with Crippen LogP contribution in [0.2, 0.25) is 0 Å². The number of rotatable bonds is 5. The summed E-state index contributed by atoms with van der Waals surface area (Å²) in [4.78, 5) is 48.5. The van der Waals surface area contributed by atoms with Crippen LogP contribution in [0.3, 0.4) is 0 Å². The first-order chi connectivity index (χ1) is 18.6. The number of hydrogen-bond acceptors (Lipinski definition) is 11. The molecule has 2 heterocycles. The van der Waals surface area contributed by atoms with Crippen LogP contribution in [0.15, 0.2) is 48.5 Å². The molecule has 5 atom stereocenters. The summed E-state index contributed by atoms with van der Waals surface area (Å²) in [5.41, 5.74) is 0. The molecule has 0 radical (unpaired) electrons. The number of esters is 4. The maximum Gasteiger partial charge on any atom is 0.359 e. The van der Waals surface area contributed by atoms with Gasteiger partial charge in [0, 0.05) is 38.5 Å². The van der Waals surface area contributed by atoms with Crippen molar-refractivity contribution in [3.8, 4) is 11.5 Å². The number of fused-ring (bicyclic) bond motifs is 7. The normalized spacial score (nSPS) is 25.3. The molecule has 0 unspecified atom stereocenters. The Kier molecular flexibility index (Phi) is 6.77. The highest BCUT2D eigenvalue weighted by molar-refractivity contribution is 6.13. The summed E-state index contributed by atoms with van der Waals surface area (Å²) in [5, 5.41) is 3.02. The molecule has 2 aliphatic heterocycles. The Morgan fingerprint density at radius 3 is 1.85 bits per heavy atom. The van der Waals surface area contributed by atoms with E-state index in [1.165, 1.54) is 6.92 Å². The Hall–Kier alpha value is -4.38. The first-order valence-corrected chi connectivity index (χ1v) is 12.2. The molecular formula is C28H26O11. The van der Waals surface area contributed by atoms with Crippen molar-refractivity contribution in [1.82, 2.24) is 0 Å². The minimum absolute atomic E-state index is 0.211.